The van der Waals surface area contributed by atoms with Crippen LogP contribution in [0.25, 0.3) is 0 Å². The van der Waals surface area contributed by atoms with Gasteiger partial charge in [-0.05, 0) is 0 Å². The summed E-state index contributed by atoms with van der Waals surface area (Å²) in [6.07, 6.45) is -0.623. The van der Waals surface area contributed by atoms with Crippen molar-refractivity contribution in [3.05, 3.63) is 0 Å². The third kappa shape index (κ3) is 3.54. The summed E-state index contributed by atoms with van der Waals surface area (Å²) in [4.78, 5) is 20.2. The minimum atomic E-state index is -1.38. The third-order valence-electron chi connectivity index (χ3n) is 1.10. The SMILES string of the molecule is CN(O)[C@@H](CC(=O)O)C(=O)O. The van der Waals surface area contributed by atoms with Gasteiger partial charge in [0.05, 0.1) is 6.42 Å². The molecule has 0 aliphatic carbocycles. The van der Waals surface area contributed by atoms with Gasteiger partial charge < -0.3 is 15.4 Å². The molecule has 0 fully saturated rings. The molecule has 0 aromatic heterocycles. The maximum Gasteiger partial charge on any atom is 0.323 e. The number of carboxylic acids is 2. The molecule has 0 aliphatic heterocycles. The smallest absolute Gasteiger partial charge is 0.323 e. The van der Waals surface area contributed by atoms with Crippen molar-refractivity contribution >= 4 is 11.9 Å². The van der Waals surface area contributed by atoms with E-state index in [9.17, 15) is 9.59 Å². The Morgan fingerprint density at radius 1 is 1.45 bits per heavy atom. The van der Waals surface area contributed by atoms with Gasteiger partial charge in [-0.1, -0.05) is 0 Å². The number of rotatable bonds is 4. The Kier molecular flexibility index (Phi) is 3.49. The summed E-state index contributed by atoms with van der Waals surface area (Å²) in [6, 6.07) is -1.38. The Bertz CT molecular complexity index is 166. The van der Waals surface area contributed by atoms with Gasteiger partial charge in [-0.25, -0.2) is 0 Å². The van der Waals surface area contributed by atoms with Crippen LogP contribution < -0.4 is 0 Å². The molecule has 0 heterocycles. The normalized spacial score (nSPS) is 13.0. The fourth-order valence-corrected chi connectivity index (χ4v) is 0.545. The zero-order valence-corrected chi connectivity index (χ0v) is 5.89. The molecule has 0 aliphatic rings. The van der Waals surface area contributed by atoms with E-state index in [0.717, 1.165) is 7.05 Å². The van der Waals surface area contributed by atoms with Gasteiger partial charge in [0.1, 0.15) is 6.04 Å². The van der Waals surface area contributed by atoms with Gasteiger partial charge in [-0.15, -0.1) is 0 Å². The minimum Gasteiger partial charge on any atom is -0.481 e. The molecule has 0 aromatic carbocycles. The first-order valence-corrected chi connectivity index (χ1v) is 2.81. The van der Waals surface area contributed by atoms with E-state index in [1.54, 1.807) is 0 Å². The van der Waals surface area contributed by atoms with Crippen molar-refractivity contribution in [3.63, 3.8) is 0 Å². The molecule has 11 heavy (non-hydrogen) atoms. The van der Waals surface area contributed by atoms with Gasteiger partial charge in [0.25, 0.3) is 0 Å². The van der Waals surface area contributed by atoms with Gasteiger partial charge in [-0.2, -0.15) is 5.06 Å². The first kappa shape index (κ1) is 9.86. The zero-order valence-electron chi connectivity index (χ0n) is 5.89. The van der Waals surface area contributed by atoms with E-state index in [0.29, 0.717) is 5.06 Å². The minimum absolute atomic E-state index is 0.358. The Labute approximate surface area is 62.6 Å². The average molecular weight is 163 g/mol. The highest BCUT2D eigenvalue weighted by Gasteiger charge is 2.24. The second-order valence-electron chi connectivity index (χ2n) is 2.03. The summed E-state index contributed by atoms with van der Waals surface area (Å²) in [5.41, 5.74) is 0. The number of hydrogen-bond donors (Lipinski definition) is 3. The molecule has 0 rings (SSSR count). The lowest BCUT2D eigenvalue weighted by Gasteiger charge is -2.15. The quantitative estimate of drug-likeness (QED) is 0.471. The number of likely N-dealkylation sites (N-methyl/N-ethyl adjacent to an activating group) is 1. The summed E-state index contributed by atoms with van der Waals surface area (Å²) in [5.74, 6) is -2.63. The van der Waals surface area contributed by atoms with E-state index >= 15 is 0 Å². The van der Waals surface area contributed by atoms with Crippen LogP contribution in [0.1, 0.15) is 6.42 Å². The topological polar surface area (TPSA) is 98.1 Å². The van der Waals surface area contributed by atoms with Gasteiger partial charge in [0.15, 0.2) is 0 Å². The summed E-state index contributed by atoms with van der Waals surface area (Å²) in [6.45, 7) is 0. The highest BCUT2D eigenvalue weighted by Crippen LogP contribution is 1.98. The van der Waals surface area contributed by atoms with Crippen LogP contribution in [0.5, 0.6) is 0 Å². The van der Waals surface area contributed by atoms with E-state index in [2.05, 4.69) is 0 Å². The van der Waals surface area contributed by atoms with Crippen molar-refractivity contribution in [2.75, 3.05) is 7.05 Å². The lowest BCUT2D eigenvalue weighted by Crippen LogP contribution is -2.37. The van der Waals surface area contributed by atoms with Crippen LogP contribution in [-0.2, 0) is 9.59 Å². The number of nitrogens with zero attached hydrogens (tertiary/aromatic N) is 1. The van der Waals surface area contributed by atoms with Crippen molar-refractivity contribution in [1.29, 1.82) is 0 Å². The van der Waals surface area contributed by atoms with Gasteiger partial charge >= 0.3 is 11.9 Å². The average Bonchev–Trinajstić information content (AvgIpc) is 1.81. The summed E-state index contributed by atoms with van der Waals surface area (Å²) in [7, 11) is 1.09. The van der Waals surface area contributed by atoms with Crippen LogP contribution in [0.15, 0.2) is 0 Å². The molecule has 3 N–H and O–H groups in total. The second kappa shape index (κ2) is 3.89. The van der Waals surface area contributed by atoms with Crippen molar-refractivity contribution < 1.29 is 25.0 Å². The Balaban J connectivity index is 4.12. The first-order chi connectivity index (χ1) is 4.95. The summed E-state index contributed by atoms with van der Waals surface area (Å²) in [5, 5.41) is 25.5. The van der Waals surface area contributed by atoms with E-state index in [4.69, 9.17) is 15.4 Å². The molecule has 64 valence electrons. The van der Waals surface area contributed by atoms with Gasteiger partial charge in [0.2, 0.25) is 0 Å². The molecular weight excluding hydrogens is 154 g/mol. The van der Waals surface area contributed by atoms with Crippen molar-refractivity contribution in [1.82, 2.24) is 5.06 Å². The zero-order chi connectivity index (χ0) is 9.02. The van der Waals surface area contributed by atoms with E-state index < -0.39 is 24.4 Å². The lowest BCUT2D eigenvalue weighted by atomic mass is 10.2. The Morgan fingerprint density at radius 3 is 2.00 bits per heavy atom. The van der Waals surface area contributed by atoms with Crippen molar-refractivity contribution in [2.45, 2.75) is 12.5 Å². The van der Waals surface area contributed by atoms with Crippen LogP contribution in [0.4, 0.5) is 0 Å². The fraction of sp³-hybridized carbons (Fsp3) is 0.600. The summed E-state index contributed by atoms with van der Waals surface area (Å²) >= 11 is 0. The molecule has 0 amide bonds. The van der Waals surface area contributed by atoms with E-state index in [1.165, 1.54) is 0 Å². The molecule has 0 bridgehead atoms. The largest absolute Gasteiger partial charge is 0.481 e. The first-order valence-electron chi connectivity index (χ1n) is 2.81. The highest BCUT2D eigenvalue weighted by molar-refractivity contribution is 5.80. The van der Waals surface area contributed by atoms with E-state index in [-0.39, 0.29) is 0 Å². The number of carbonyl (C=O) groups is 2. The molecule has 6 nitrogen and oxygen atoms in total. The van der Waals surface area contributed by atoms with Crippen LogP contribution in [-0.4, -0.2) is 45.5 Å². The fourth-order valence-electron chi connectivity index (χ4n) is 0.545. The standard InChI is InChI=1S/C5H9NO5/c1-6(11)3(5(9)10)2-4(7)8/h3,11H,2H2,1H3,(H,7,8)(H,9,10)/t3-/m0/s1. The predicted octanol–water partition coefficient (Wildman–Crippen LogP) is -0.765. The number of hydroxylamine groups is 2. The van der Waals surface area contributed by atoms with Crippen LogP contribution in [0.3, 0.4) is 0 Å². The Morgan fingerprint density at radius 2 is 1.91 bits per heavy atom. The molecule has 0 saturated heterocycles. The van der Waals surface area contributed by atoms with Crippen LogP contribution >= 0.6 is 0 Å². The molecule has 6 heteroatoms. The molecule has 0 saturated carbocycles. The Hall–Kier alpha value is -1.14. The second-order valence-corrected chi connectivity index (χ2v) is 2.03. The van der Waals surface area contributed by atoms with E-state index in [1.807, 2.05) is 0 Å². The number of hydrogen-bond acceptors (Lipinski definition) is 4. The lowest BCUT2D eigenvalue weighted by molar-refractivity contribution is -0.168. The highest BCUT2D eigenvalue weighted by atomic mass is 16.5. The molecule has 0 radical (unpaired) electrons. The van der Waals surface area contributed by atoms with Gasteiger partial charge in [0, 0.05) is 7.05 Å². The third-order valence-corrected chi connectivity index (χ3v) is 1.10. The number of aliphatic carboxylic acids is 2. The maximum absolute atomic E-state index is 10.2. The number of carboxylic acid groups (broad SMARTS) is 2. The molecule has 0 unspecified atom stereocenters. The molecule has 0 aromatic rings. The van der Waals surface area contributed by atoms with Crippen molar-refractivity contribution in [2.24, 2.45) is 0 Å². The predicted molar refractivity (Wildman–Crippen MR) is 33.2 cm³/mol. The molecular formula is C5H9NO5. The van der Waals surface area contributed by atoms with Crippen molar-refractivity contribution in [3.8, 4) is 0 Å². The van der Waals surface area contributed by atoms with Crippen LogP contribution in [0.2, 0.25) is 0 Å². The molecule has 1 atom stereocenters. The molecule has 0 spiro atoms. The summed E-state index contributed by atoms with van der Waals surface area (Å²) < 4.78 is 0. The van der Waals surface area contributed by atoms with Crippen LogP contribution in [0, 0.1) is 0 Å². The van der Waals surface area contributed by atoms with Gasteiger partial charge in [-0.3, -0.25) is 9.59 Å². The maximum atomic E-state index is 10.2. The monoisotopic (exact) mass is 163 g/mol.